The smallest absolute Gasteiger partial charge is 0.240 e. The van der Waals surface area contributed by atoms with Gasteiger partial charge in [0, 0.05) is 19.5 Å². The lowest BCUT2D eigenvalue weighted by Crippen LogP contribution is -2.35. The van der Waals surface area contributed by atoms with Crippen LogP contribution in [-0.4, -0.2) is 27.4 Å². The summed E-state index contributed by atoms with van der Waals surface area (Å²) in [5.41, 5.74) is 2.11. The maximum atomic E-state index is 12.1. The van der Waals surface area contributed by atoms with Crippen LogP contribution in [0.15, 0.2) is 59.5 Å². The topological polar surface area (TPSA) is 75.3 Å². The molecule has 0 heterocycles. The Balaban J connectivity index is 1.75. The number of sulfonamides is 1. The maximum absolute atomic E-state index is 12.1. The third-order valence-corrected chi connectivity index (χ3v) is 5.41. The van der Waals surface area contributed by atoms with Gasteiger partial charge in [0.15, 0.2) is 0 Å². The third kappa shape index (κ3) is 5.99. The van der Waals surface area contributed by atoms with Crippen LogP contribution in [0, 0.1) is 6.92 Å². The third-order valence-electron chi connectivity index (χ3n) is 3.93. The quantitative estimate of drug-likeness (QED) is 0.711. The monoisotopic (exact) mass is 360 g/mol. The van der Waals surface area contributed by atoms with E-state index in [2.05, 4.69) is 10.0 Å². The van der Waals surface area contributed by atoms with Crippen molar-refractivity contribution in [2.24, 2.45) is 0 Å². The van der Waals surface area contributed by atoms with Crippen molar-refractivity contribution in [1.29, 1.82) is 0 Å². The molecule has 0 aliphatic rings. The van der Waals surface area contributed by atoms with E-state index in [9.17, 15) is 13.2 Å². The Morgan fingerprint density at radius 3 is 2.28 bits per heavy atom. The number of benzene rings is 2. The van der Waals surface area contributed by atoms with Crippen LogP contribution < -0.4 is 10.0 Å². The zero-order chi connectivity index (χ0) is 18.3. The van der Waals surface area contributed by atoms with E-state index >= 15 is 0 Å². The molecule has 6 heteroatoms. The highest BCUT2D eigenvalue weighted by atomic mass is 32.2. The van der Waals surface area contributed by atoms with Crippen molar-refractivity contribution in [3.8, 4) is 0 Å². The molecule has 0 radical (unpaired) electrons. The summed E-state index contributed by atoms with van der Waals surface area (Å²) >= 11 is 0. The summed E-state index contributed by atoms with van der Waals surface area (Å²) in [6, 6.07) is 16.5. The Morgan fingerprint density at radius 1 is 1.00 bits per heavy atom. The molecule has 5 nitrogen and oxygen atoms in total. The number of rotatable bonds is 8. The minimum atomic E-state index is -3.54. The molecule has 0 aliphatic heterocycles. The Morgan fingerprint density at radius 2 is 1.64 bits per heavy atom. The predicted molar refractivity (Wildman–Crippen MR) is 98.9 cm³/mol. The first-order valence-electron chi connectivity index (χ1n) is 8.26. The predicted octanol–water partition coefficient (Wildman–Crippen LogP) is 2.58. The molecule has 2 aromatic rings. The van der Waals surface area contributed by atoms with Crippen molar-refractivity contribution in [2.75, 3.05) is 13.1 Å². The average Bonchev–Trinajstić information content (AvgIpc) is 2.60. The SMILES string of the molecule is Cc1ccc(S(=O)(=O)NCCNC(=O)CC(C)c2ccccc2)cc1. The number of amides is 1. The molecule has 2 aromatic carbocycles. The summed E-state index contributed by atoms with van der Waals surface area (Å²) in [6.45, 7) is 4.30. The Hall–Kier alpha value is -2.18. The molecule has 0 fully saturated rings. The molecule has 0 saturated carbocycles. The van der Waals surface area contributed by atoms with Crippen molar-refractivity contribution in [2.45, 2.75) is 31.1 Å². The van der Waals surface area contributed by atoms with Crippen LogP contribution >= 0.6 is 0 Å². The molecule has 2 rings (SSSR count). The highest BCUT2D eigenvalue weighted by Crippen LogP contribution is 2.17. The van der Waals surface area contributed by atoms with E-state index in [1.165, 1.54) is 0 Å². The van der Waals surface area contributed by atoms with Crippen LogP contribution in [0.3, 0.4) is 0 Å². The lowest BCUT2D eigenvalue weighted by atomic mass is 9.98. The first-order chi connectivity index (χ1) is 11.9. The van der Waals surface area contributed by atoms with E-state index in [1.807, 2.05) is 44.2 Å². The fourth-order valence-electron chi connectivity index (χ4n) is 2.44. The summed E-state index contributed by atoms with van der Waals surface area (Å²) in [5, 5.41) is 2.75. The lowest BCUT2D eigenvalue weighted by Gasteiger charge is -2.12. The van der Waals surface area contributed by atoms with Crippen molar-refractivity contribution in [3.05, 3.63) is 65.7 Å². The second-order valence-electron chi connectivity index (χ2n) is 6.08. The molecule has 0 bridgehead atoms. The van der Waals surface area contributed by atoms with Gasteiger partial charge in [0.1, 0.15) is 0 Å². The maximum Gasteiger partial charge on any atom is 0.240 e. The van der Waals surface area contributed by atoms with Crippen LogP contribution in [-0.2, 0) is 14.8 Å². The summed E-state index contributed by atoms with van der Waals surface area (Å²) < 4.78 is 26.7. The number of aryl methyl sites for hydroxylation is 1. The van der Waals surface area contributed by atoms with Gasteiger partial charge < -0.3 is 5.32 Å². The fraction of sp³-hybridized carbons (Fsp3) is 0.316. The van der Waals surface area contributed by atoms with E-state index in [4.69, 9.17) is 0 Å². The van der Waals surface area contributed by atoms with Crippen LogP contribution in [0.5, 0.6) is 0 Å². The summed E-state index contributed by atoms with van der Waals surface area (Å²) in [5.74, 6) is 0.0244. The lowest BCUT2D eigenvalue weighted by molar-refractivity contribution is -0.121. The van der Waals surface area contributed by atoms with E-state index in [1.54, 1.807) is 24.3 Å². The zero-order valence-electron chi connectivity index (χ0n) is 14.5. The molecule has 1 atom stereocenters. The molecular weight excluding hydrogens is 336 g/mol. The van der Waals surface area contributed by atoms with Crippen molar-refractivity contribution in [3.63, 3.8) is 0 Å². The second kappa shape index (κ2) is 8.78. The van der Waals surface area contributed by atoms with Crippen LogP contribution in [0.25, 0.3) is 0 Å². The number of carbonyl (C=O) groups excluding carboxylic acids is 1. The Labute approximate surface area is 149 Å². The zero-order valence-corrected chi connectivity index (χ0v) is 15.3. The van der Waals surface area contributed by atoms with Crippen molar-refractivity contribution in [1.82, 2.24) is 10.0 Å². The van der Waals surface area contributed by atoms with Gasteiger partial charge >= 0.3 is 0 Å². The van der Waals surface area contributed by atoms with Crippen LogP contribution in [0.1, 0.15) is 30.4 Å². The van der Waals surface area contributed by atoms with Crippen molar-refractivity contribution < 1.29 is 13.2 Å². The molecular formula is C19H24N2O3S. The normalized spacial score (nSPS) is 12.6. The van der Waals surface area contributed by atoms with Gasteiger partial charge in [0.2, 0.25) is 15.9 Å². The van der Waals surface area contributed by atoms with E-state index < -0.39 is 10.0 Å². The van der Waals surface area contributed by atoms with Crippen LogP contribution in [0.2, 0.25) is 0 Å². The van der Waals surface area contributed by atoms with Gasteiger partial charge in [-0.15, -0.1) is 0 Å². The summed E-state index contributed by atoms with van der Waals surface area (Å²) in [7, 11) is -3.54. The molecule has 0 aromatic heterocycles. The molecule has 1 amide bonds. The molecule has 1 unspecified atom stereocenters. The van der Waals surface area contributed by atoms with Gasteiger partial charge in [0.05, 0.1) is 4.90 Å². The number of carbonyl (C=O) groups is 1. The Bertz CT molecular complexity index is 787. The number of hydrogen-bond acceptors (Lipinski definition) is 3. The van der Waals surface area contributed by atoms with Crippen molar-refractivity contribution >= 4 is 15.9 Å². The fourth-order valence-corrected chi connectivity index (χ4v) is 3.47. The molecule has 25 heavy (non-hydrogen) atoms. The number of hydrogen-bond donors (Lipinski definition) is 2. The highest BCUT2D eigenvalue weighted by Gasteiger charge is 2.14. The second-order valence-corrected chi connectivity index (χ2v) is 7.84. The van der Waals surface area contributed by atoms with Gasteiger partial charge in [0.25, 0.3) is 0 Å². The summed E-state index contributed by atoms with van der Waals surface area (Å²) in [4.78, 5) is 12.2. The van der Waals surface area contributed by atoms with E-state index in [0.717, 1.165) is 11.1 Å². The first-order valence-corrected chi connectivity index (χ1v) is 9.75. The van der Waals surface area contributed by atoms with E-state index in [0.29, 0.717) is 6.42 Å². The Kier molecular flexibility index (Phi) is 6.73. The first kappa shape index (κ1) is 19.1. The van der Waals surface area contributed by atoms with E-state index in [-0.39, 0.29) is 29.8 Å². The molecule has 0 spiro atoms. The van der Waals surface area contributed by atoms with Gasteiger partial charge in [-0.05, 0) is 30.5 Å². The molecule has 134 valence electrons. The summed E-state index contributed by atoms with van der Waals surface area (Å²) in [6.07, 6.45) is 0.370. The molecule has 0 saturated heterocycles. The minimum Gasteiger partial charge on any atom is -0.355 e. The highest BCUT2D eigenvalue weighted by molar-refractivity contribution is 7.89. The van der Waals surface area contributed by atoms with Gasteiger partial charge in [-0.3, -0.25) is 4.79 Å². The van der Waals surface area contributed by atoms with Gasteiger partial charge in [-0.2, -0.15) is 0 Å². The molecule has 2 N–H and O–H groups in total. The largest absolute Gasteiger partial charge is 0.355 e. The van der Waals surface area contributed by atoms with Gasteiger partial charge in [-0.25, -0.2) is 13.1 Å². The standard InChI is InChI=1S/C19H24N2O3S/c1-15-8-10-18(11-9-15)25(23,24)21-13-12-20-19(22)14-16(2)17-6-4-3-5-7-17/h3-11,16,21H,12-14H2,1-2H3,(H,20,22). The minimum absolute atomic E-state index is 0.0918. The molecule has 0 aliphatic carbocycles. The average molecular weight is 360 g/mol. The van der Waals surface area contributed by atoms with Crippen LogP contribution in [0.4, 0.5) is 0 Å². The van der Waals surface area contributed by atoms with Gasteiger partial charge in [-0.1, -0.05) is 55.0 Å². The number of nitrogens with one attached hydrogen (secondary N) is 2.